The van der Waals surface area contributed by atoms with Gasteiger partial charge in [-0.05, 0) is 45.9 Å². The molecule has 0 fully saturated rings. The van der Waals surface area contributed by atoms with Crippen molar-refractivity contribution in [2.75, 3.05) is 7.11 Å². The minimum atomic E-state index is 0.414. The highest BCUT2D eigenvalue weighted by Gasteiger charge is 2.17. The van der Waals surface area contributed by atoms with Crippen LogP contribution >= 0.6 is 0 Å². The van der Waals surface area contributed by atoms with Gasteiger partial charge in [0.1, 0.15) is 12.4 Å². The first-order valence-electron chi connectivity index (χ1n) is 14.2. The maximum atomic E-state index is 6.46. The molecule has 8 heteroatoms. The van der Waals surface area contributed by atoms with Crippen molar-refractivity contribution in [3.63, 3.8) is 0 Å². The summed E-state index contributed by atoms with van der Waals surface area (Å²) in [5.74, 6) is 2.10. The third-order valence-electron chi connectivity index (χ3n) is 7.03. The molecule has 0 saturated carbocycles. The minimum Gasteiger partial charge on any atom is -0.472 e. The van der Waals surface area contributed by atoms with Gasteiger partial charge >= 0.3 is 0 Å². The average molecular weight is 549 g/mol. The van der Waals surface area contributed by atoms with Crippen LogP contribution in [-0.2, 0) is 37.2 Å². The Morgan fingerprint density at radius 1 is 0.805 bits per heavy atom. The first-order valence-corrected chi connectivity index (χ1v) is 14.2. The predicted molar refractivity (Wildman–Crippen MR) is 159 cm³/mol. The van der Waals surface area contributed by atoms with Gasteiger partial charge in [0.2, 0.25) is 11.7 Å². The van der Waals surface area contributed by atoms with Crippen LogP contribution in [0.1, 0.15) is 60.5 Å². The van der Waals surface area contributed by atoms with Crippen LogP contribution in [0.25, 0.3) is 22.5 Å². The normalized spacial score (nSPS) is 11.1. The zero-order valence-electron chi connectivity index (χ0n) is 23.9. The molecule has 0 aliphatic rings. The number of aromatic amines is 1. The fraction of sp³-hybridized carbons (Fsp3) is 0.303. The molecule has 210 valence electrons. The highest BCUT2D eigenvalue weighted by atomic mass is 16.5. The Labute approximate surface area is 241 Å². The Balaban J connectivity index is 1.39. The van der Waals surface area contributed by atoms with E-state index in [-0.39, 0.29) is 0 Å². The molecule has 0 atom stereocenters. The van der Waals surface area contributed by atoms with Crippen molar-refractivity contribution in [2.24, 2.45) is 0 Å². The summed E-state index contributed by atoms with van der Waals surface area (Å²) in [6.07, 6.45) is 4.51. The zero-order chi connectivity index (χ0) is 28.4. The van der Waals surface area contributed by atoms with Crippen molar-refractivity contribution in [1.82, 2.24) is 30.6 Å². The van der Waals surface area contributed by atoms with E-state index in [1.165, 1.54) is 5.56 Å². The number of tetrazole rings is 1. The molecule has 1 N–H and O–H groups in total. The van der Waals surface area contributed by atoms with Gasteiger partial charge in [0.15, 0.2) is 0 Å². The van der Waals surface area contributed by atoms with Crippen molar-refractivity contribution >= 4 is 0 Å². The molecule has 3 aromatic carbocycles. The molecule has 0 aliphatic carbocycles. The fourth-order valence-electron chi connectivity index (χ4n) is 4.93. The van der Waals surface area contributed by atoms with Crippen LogP contribution in [0.15, 0.2) is 72.8 Å². The third-order valence-corrected chi connectivity index (χ3v) is 7.03. The number of nitrogens with zero attached hydrogens (tertiary/aromatic N) is 5. The second-order valence-corrected chi connectivity index (χ2v) is 10.0. The zero-order valence-corrected chi connectivity index (χ0v) is 23.9. The van der Waals surface area contributed by atoms with E-state index in [2.05, 4.69) is 89.1 Å². The smallest absolute Gasteiger partial charge is 0.220 e. The van der Waals surface area contributed by atoms with Gasteiger partial charge in [0, 0.05) is 31.1 Å². The number of rotatable bonds is 13. The molecule has 0 radical (unpaired) electrons. The van der Waals surface area contributed by atoms with Crippen LogP contribution in [0, 0.1) is 0 Å². The van der Waals surface area contributed by atoms with Gasteiger partial charge in [-0.3, -0.25) is 0 Å². The fourth-order valence-corrected chi connectivity index (χ4v) is 4.93. The molecule has 0 aliphatic heterocycles. The van der Waals surface area contributed by atoms with E-state index in [1.54, 1.807) is 7.11 Å². The van der Waals surface area contributed by atoms with Crippen molar-refractivity contribution in [1.29, 1.82) is 0 Å². The molecule has 0 unspecified atom stereocenters. The van der Waals surface area contributed by atoms with Crippen LogP contribution in [0.4, 0.5) is 0 Å². The minimum absolute atomic E-state index is 0.414. The molecule has 0 bridgehead atoms. The lowest BCUT2D eigenvalue weighted by atomic mass is 9.98. The molecule has 0 amide bonds. The highest BCUT2D eigenvalue weighted by Crippen LogP contribution is 2.30. The van der Waals surface area contributed by atoms with E-state index in [0.717, 1.165) is 70.6 Å². The number of benzene rings is 3. The topological polar surface area (TPSA) is 98.7 Å². The summed E-state index contributed by atoms with van der Waals surface area (Å²) in [7, 11) is 1.72. The maximum Gasteiger partial charge on any atom is 0.220 e. The molecule has 5 aromatic rings. The Kier molecular flexibility index (Phi) is 9.44. The van der Waals surface area contributed by atoms with Crippen molar-refractivity contribution in [3.05, 3.63) is 107 Å². The largest absolute Gasteiger partial charge is 0.472 e. The van der Waals surface area contributed by atoms with Crippen LogP contribution in [0.2, 0.25) is 0 Å². The summed E-state index contributed by atoms with van der Waals surface area (Å²) in [4.78, 5) is 9.85. The number of hydrogen-bond acceptors (Lipinski definition) is 7. The van der Waals surface area contributed by atoms with Crippen LogP contribution in [0.5, 0.6) is 5.88 Å². The summed E-state index contributed by atoms with van der Waals surface area (Å²) < 4.78 is 11.8. The van der Waals surface area contributed by atoms with Gasteiger partial charge in [-0.1, -0.05) is 93.1 Å². The van der Waals surface area contributed by atoms with E-state index in [1.807, 2.05) is 18.2 Å². The van der Waals surface area contributed by atoms with Crippen LogP contribution in [-0.4, -0.2) is 37.7 Å². The van der Waals surface area contributed by atoms with E-state index < -0.39 is 0 Å². The lowest BCUT2D eigenvalue weighted by molar-refractivity contribution is 0.185. The summed E-state index contributed by atoms with van der Waals surface area (Å²) in [6, 6.07) is 24.9. The lowest BCUT2D eigenvalue weighted by Gasteiger charge is -2.16. The SMILES string of the molecule is CCCCc1nc(CC)c(Cc2cccc(COC)c2)c(OCc2ccc(-c3ccccc3-c3nn[nH]n3)cc2)n1. The highest BCUT2D eigenvalue weighted by molar-refractivity contribution is 5.80. The Morgan fingerprint density at radius 2 is 1.61 bits per heavy atom. The van der Waals surface area contributed by atoms with Gasteiger partial charge in [-0.15, -0.1) is 10.2 Å². The summed E-state index contributed by atoms with van der Waals surface area (Å²) in [6.45, 7) is 5.33. The number of ether oxygens (including phenoxy) is 2. The number of aryl methyl sites for hydroxylation is 2. The predicted octanol–water partition coefficient (Wildman–Crippen LogP) is 6.54. The van der Waals surface area contributed by atoms with E-state index in [4.69, 9.17) is 19.4 Å². The number of hydrogen-bond donors (Lipinski definition) is 1. The third kappa shape index (κ3) is 7.02. The summed E-state index contributed by atoms with van der Waals surface area (Å²) in [5.41, 5.74) is 8.54. The number of H-pyrrole nitrogens is 1. The number of unbranched alkanes of at least 4 members (excludes halogenated alkanes) is 1. The van der Waals surface area contributed by atoms with E-state index in [9.17, 15) is 0 Å². The average Bonchev–Trinajstić information content (AvgIpc) is 3.55. The number of aromatic nitrogens is 6. The van der Waals surface area contributed by atoms with Gasteiger partial charge in [-0.2, -0.15) is 10.2 Å². The molecule has 5 rings (SSSR count). The van der Waals surface area contributed by atoms with Gasteiger partial charge < -0.3 is 9.47 Å². The first kappa shape index (κ1) is 28.1. The standard InChI is InChI=1S/C33H36N6O2/c1-4-6-14-31-34-30(5-2)29(20-24-10-9-11-25(19-24)21-40-3)33(35-31)41-22-23-15-17-26(18-16-23)27-12-7-8-13-28(27)32-36-38-39-37-32/h7-13,15-19H,4-6,14,20-22H2,1-3H3,(H,36,37,38,39). The van der Waals surface area contributed by atoms with Gasteiger partial charge in [0.25, 0.3) is 0 Å². The molecule has 8 nitrogen and oxygen atoms in total. The van der Waals surface area contributed by atoms with Crippen molar-refractivity contribution < 1.29 is 9.47 Å². The summed E-state index contributed by atoms with van der Waals surface area (Å²) >= 11 is 0. The molecule has 41 heavy (non-hydrogen) atoms. The second-order valence-electron chi connectivity index (χ2n) is 10.0. The second kappa shape index (κ2) is 13.8. The van der Waals surface area contributed by atoms with Gasteiger partial charge in [-0.25, -0.2) is 4.98 Å². The Bertz CT molecular complexity index is 1550. The summed E-state index contributed by atoms with van der Waals surface area (Å²) in [5, 5.41) is 14.6. The van der Waals surface area contributed by atoms with Crippen LogP contribution < -0.4 is 4.74 Å². The Hall–Kier alpha value is -4.43. The monoisotopic (exact) mass is 548 g/mol. The lowest BCUT2D eigenvalue weighted by Crippen LogP contribution is -2.10. The first-order chi connectivity index (χ1) is 20.2. The number of methoxy groups -OCH3 is 1. The van der Waals surface area contributed by atoms with E-state index in [0.29, 0.717) is 31.3 Å². The maximum absolute atomic E-state index is 6.46. The molecule has 0 spiro atoms. The Morgan fingerprint density at radius 3 is 2.34 bits per heavy atom. The molecular formula is C33H36N6O2. The number of nitrogens with one attached hydrogen (secondary N) is 1. The van der Waals surface area contributed by atoms with Crippen molar-refractivity contribution in [2.45, 2.75) is 59.2 Å². The molecule has 0 saturated heterocycles. The van der Waals surface area contributed by atoms with Crippen molar-refractivity contribution in [3.8, 4) is 28.4 Å². The van der Waals surface area contributed by atoms with Crippen LogP contribution in [0.3, 0.4) is 0 Å². The van der Waals surface area contributed by atoms with E-state index >= 15 is 0 Å². The molecule has 2 heterocycles. The molecule has 2 aromatic heterocycles. The van der Waals surface area contributed by atoms with Gasteiger partial charge in [0.05, 0.1) is 12.3 Å². The molecular weight excluding hydrogens is 512 g/mol. The quantitative estimate of drug-likeness (QED) is 0.178.